The summed E-state index contributed by atoms with van der Waals surface area (Å²) in [6.07, 6.45) is -1.39. The zero-order chi connectivity index (χ0) is 16.7. The summed E-state index contributed by atoms with van der Waals surface area (Å²) in [4.78, 5) is 23.4. The molecule has 0 aliphatic heterocycles. The van der Waals surface area contributed by atoms with Crippen LogP contribution in [0.3, 0.4) is 0 Å². The van der Waals surface area contributed by atoms with Crippen molar-refractivity contribution >= 4 is 11.9 Å². The van der Waals surface area contributed by atoms with Crippen molar-refractivity contribution in [3.63, 3.8) is 0 Å². The molecule has 23 heavy (non-hydrogen) atoms. The zero-order valence-corrected chi connectivity index (χ0v) is 12.9. The number of aliphatic hydroxyl groups excluding tert-OH is 1. The first-order valence-corrected chi connectivity index (χ1v) is 7.29. The number of ether oxygens (including phenoxy) is 1. The number of amides is 1. The summed E-state index contributed by atoms with van der Waals surface area (Å²) in [5, 5.41) is 12.5. The lowest BCUT2D eigenvalue weighted by Gasteiger charge is -2.11. The van der Waals surface area contributed by atoms with Gasteiger partial charge in [-0.3, -0.25) is 4.79 Å². The number of aryl methyl sites for hydroxylation is 1. The van der Waals surface area contributed by atoms with Gasteiger partial charge in [-0.2, -0.15) is 0 Å². The quantitative estimate of drug-likeness (QED) is 0.799. The van der Waals surface area contributed by atoms with Crippen LogP contribution in [-0.4, -0.2) is 23.6 Å². The molecular weight excluding hydrogens is 294 g/mol. The molecule has 0 bridgehead atoms. The van der Waals surface area contributed by atoms with E-state index in [0.29, 0.717) is 12.1 Å². The van der Waals surface area contributed by atoms with Crippen molar-refractivity contribution in [1.82, 2.24) is 5.32 Å². The fourth-order valence-electron chi connectivity index (χ4n) is 2.04. The van der Waals surface area contributed by atoms with Crippen LogP contribution in [0.4, 0.5) is 0 Å². The summed E-state index contributed by atoms with van der Waals surface area (Å²) in [7, 11) is 0. The number of hydrogen-bond donors (Lipinski definition) is 2. The standard InChI is InChI=1S/C18H19NO4/c1-13-7-5-6-10-15(13)11-19-16(20)12-23-18(22)17(21)14-8-3-2-4-9-14/h2-10,17,21H,11-12H2,1H3,(H,19,20)/t17-/m1/s1. The number of carbonyl (C=O) groups is 2. The highest BCUT2D eigenvalue weighted by atomic mass is 16.5. The number of carbonyl (C=O) groups excluding carboxylic acids is 2. The molecule has 1 amide bonds. The first kappa shape index (κ1) is 16.7. The second-order valence-electron chi connectivity index (χ2n) is 5.12. The molecule has 0 spiro atoms. The second-order valence-corrected chi connectivity index (χ2v) is 5.12. The molecular formula is C18H19NO4. The number of rotatable bonds is 6. The van der Waals surface area contributed by atoms with Crippen LogP contribution in [0.5, 0.6) is 0 Å². The number of nitrogens with one attached hydrogen (secondary N) is 1. The molecule has 0 unspecified atom stereocenters. The summed E-state index contributed by atoms with van der Waals surface area (Å²) in [5.41, 5.74) is 2.50. The highest BCUT2D eigenvalue weighted by Gasteiger charge is 2.19. The average Bonchev–Trinajstić information content (AvgIpc) is 2.59. The van der Waals surface area contributed by atoms with Crippen LogP contribution >= 0.6 is 0 Å². The number of aliphatic hydroxyl groups is 1. The highest BCUT2D eigenvalue weighted by molar-refractivity contribution is 5.82. The van der Waals surface area contributed by atoms with Crippen LogP contribution in [0.25, 0.3) is 0 Å². The molecule has 0 aliphatic rings. The molecule has 120 valence electrons. The fraction of sp³-hybridized carbons (Fsp3) is 0.222. The van der Waals surface area contributed by atoms with E-state index >= 15 is 0 Å². The largest absolute Gasteiger partial charge is 0.453 e. The van der Waals surface area contributed by atoms with E-state index < -0.39 is 24.6 Å². The molecule has 5 nitrogen and oxygen atoms in total. The Kier molecular flexibility index (Phi) is 5.88. The van der Waals surface area contributed by atoms with E-state index in [1.54, 1.807) is 30.3 Å². The summed E-state index contributed by atoms with van der Waals surface area (Å²) in [6, 6.07) is 16.1. The number of esters is 1. The molecule has 2 aromatic rings. The Bertz CT molecular complexity index is 670. The smallest absolute Gasteiger partial charge is 0.340 e. The van der Waals surface area contributed by atoms with Crippen LogP contribution in [-0.2, 0) is 20.9 Å². The maximum Gasteiger partial charge on any atom is 0.340 e. The van der Waals surface area contributed by atoms with Crippen molar-refractivity contribution in [2.45, 2.75) is 19.6 Å². The molecule has 0 fully saturated rings. The van der Waals surface area contributed by atoms with E-state index in [9.17, 15) is 14.7 Å². The SMILES string of the molecule is Cc1ccccc1CNC(=O)COC(=O)[C@H](O)c1ccccc1. The van der Waals surface area contributed by atoms with Gasteiger partial charge in [-0.1, -0.05) is 54.6 Å². The van der Waals surface area contributed by atoms with E-state index in [0.717, 1.165) is 11.1 Å². The lowest BCUT2D eigenvalue weighted by Crippen LogP contribution is -2.29. The van der Waals surface area contributed by atoms with Gasteiger partial charge >= 0.3 is 5.97 Å². The monoisotopic (exact) mass is 313 g/mol. The predicted molar refractivity (Wildman–Crippen MR) is 85.4 cm³/mol. The first-order chi connectivity index (χ1) is 11.1. The lowest BCUT2D eigenvalue weighted by molar-refractivity contribution is -0.157. The molecule has 0 radical (unpaired) electrons. The van der Waals surface area contributed by atoms with Gasteiger partial charge in [0.05, 0.1) is 0 Å². The second kappa shape index (κ2) is 8.10. The van der Waals surface area contributed by atoms with Crippen molar-refractivity contribution in [2.75, 3.05) is 6.61 Å². The molecule has 0 aromatic heterocycles. The summed E-state index contributed by atoms with van der Waals surface area (Å²) in [5.74, 6) is -1.26. The van der Waals surface area contributed by atoms with Gasteiger partial charge in [0.15, 0.2) is 12.7 Å². The van der Waals surface area contributed by atoms with Crippen LogP contribution in [0, 0.1) is 6.92 Å². The van der Waals surface area contributed by atoms with Gasteiger partial charge in [0, 0.05) is 6.54 Å². The Hall–Kier alpha value is -2.66. The zero-order valence-electron chi connectivity index (χ0n) is 12.9. The third-order valence-corrected chi connectivity index (χ3v) is 3.42. The van der Waals surface area contributed by atoms with Crippen molar-refractivity contribution < 1.29 is 19.4 Å². The van der Waals surface area contributed by atoms with E-state index in [1.807, 2.05) is 31.2 Å². The molecule has 0 aliphatic carbocycles. The normalized spacial score (nSPS) is 11.6. The summed E-state index contributed by atoms with van der Waals surface area (Å²) < 4.78 is 4.84. The van der Waals surface area contributed by atoms with Gasteiger partial charge in [0.2, 0.25) is 0 Å². The maximum absolute atomic E-state index is 11.7. The Morgan fingerprint density at radius 2 is 1.74 bits per heavy atom. The Balaban J connectivity index is 1.78. The topological polar surface area (TPSA) is 75.6 Å². The molecule has 0 saturated carbocycles. The summed E-state index contributed by atoms with van der Waals surface area (Å²) >= 11 is 0. The van der Waals surface area contributed by atoms with Gasteiger partial charge < -0.3 is 15.2 Å². The third-order valence-electron chi connectivity index (χ3n) is 3.42. The van der Waals surface area contributed by atoms with Crippen LogP contribution in [0.1, 0.15) is 22.8 Å². The van der Waals surface area contributed by atoms with E-state index in [-0.39, 0.29) is 0 Å². The average molecular weight is 313 g/mol. The number of benzene rings is 2. The third kappa shape index (κ3) is 4.93. The molecule has 5 heteroatoms. The highest BCUT2D eigenvalue weighted by Crippen LogP contribution is 2.13. The van der Waals surface area contributed by atoms with Gasteiger partial charge in [0.1, 0.15) is 0 Å². The predicted octanol–water partition coefficient (Wildman–Crippen LogP) is 1.89. The van der Waals surface area contributed by atoms with Crippen molar-refractivity contribution in [3.05, 3.63) is 71.3 Å². The molecule has 0 saturated heterocycles. The minimum absolute atomic E-state index is 0.365. The Morgan fingerprint density at radius 3 is 2.43 bits per heavy atom. The van der Waals surface area contributed by atoms with Crippen molar-refractivity contribution in [3.8, 4) is 0 Å². The van der Waals surface area contributed by atoms with E-state index in [4.69, 9.17) is 4.74 Å². The molecule has 0 heterocycles. The first-order valence-electron chi connectivity index (χ1n) is 7.29. The fourth-order valence-corrected chi connectivity index (χ4v) is 2.04. The van der Waals surface area contributed by atoms with Gasteiger partial charge in [-0.15, -0.1) is 0 Å². The minimum atomic E-state index is -1.39. The van der Waals surface area contributed by atoms with E-state index in [2.05, 4.69) is 5.32 Å². The summed E-state index contributed by atoms with van der Waals surface area (Å²) in [6.45, 7) is 1.90. The lowest BCUT2D eigenvalue weighted by atomic mass is 10.1. The Morgan fingerprint density at radius 1 is 1.09 bits per heavy atom. The van der Waals surface area contributed by atoms with Gasteiger partial charge in [-0.25, -0.2) is 4.79 Å². The van der Waals surface area contributed by atoms with Crippen LogP contribution < -0.4 is 5.32 Å². The number of hydrogen-bond acceptors (Lipinski definition) is 4. The van der Waals surface area contributed by atoms with Crippen LogP contribution in [0.2, 0.25) is 0 Å². The van der Waals surface area contributed by atoms with Gasteiger partial charge in [-0.05, 0) is 23.6 Å². The minimum Gasteiger partial charge on any atom is -0.453 e. The van der Waals surface area contributed by atoms with Crippen molar-refractivity contribution in [1.29, 1.82) is 0 Å². The molecule has 1 atom stereocenters. The molecule has 2 rings (SSSR count). The molecule has 2 aromatic carbocycles. The van der Waals surface area contributed by atoms with Gasteiger partial charge in [0.25, 0.3) is 5.91 Å². The van der Waals surface area contributed by atoms with Crippen LogP contribution in [0.15, 0.2) is 54.6 Å². The maximum atomic E-state index is 11.7. The van der Waals surface area contributed by atoms with E-state index in [1.165, 1.54) is 0 Å². The Labute approximate surface area is 134 Å². The molecule has 2 N–H and O–H groups in total. The van der Waals surface area contributed by atoms with Crippen molar-refractivity contribution in [2.24, 2.45) is 0 Å².